The standard InChI is InChI=1S/C26H35N3O2/c1-19(2)23(27-24(30)20-11-13-21(14-12-20)26(3,4)5)25(31)29-17-15-28(16-18-29)22-9-7-6-8-10-22/h6-14,19,23H,15-18H2,1-5H3,(H,27,30)/t23-/m1/s1. The van der Waals surface area contributed by atoms with Gasteiger partial charge in [0.15, 0.2) is 0 Å². The van der Waals surface area contributed by atoms with E-state index >= 15 is 0 Å². The number of piperazine rings is 1. The molecule has 166 valence electrons. The number of rotatable bonds is 5. The SMILES string of the molecule is CC(C)[C@@H](NC(=O)c1ccc(C(C)(C)C)cc1)C(=O)N1CCN(c2ccccc2)CC1. The van der Waals surface area contributed by atoms with Gasteiger partial charge in [-0.1, -0.05) is 65.0 Å². The Morgan fingerprint density at radius 1 is 0.871 bits per heavy atom. The highest BCUT2D eigenvalue weighted by atomic mass is 16.2. The van der Waals surface area contributed by atoms with Crippen LogP contribution < -0.4 is 10.2 Å². The molecule has 1 atom stereocenters. The number of hydrogen-bond acceptors (Lipinski definition) is 3. The van der Waals surface area contributed by atoms with Gasteiger partial charge in [0, 0.05) is 37.4 Å². The van der Waals surface area contributed by atoms with Crippen molar-refractivity contribution in [3.05, 3.63) is 65.7 Å². The van der Waals surface area contributed by atoms with Crippen LogP contribution in [0.1, 0.15) is 50.5 Å². The van der Waals surface area contributed by atoms with E-state index in [4.69, 9.17) is 0 Å². The van der Waals surface area contributed by atoms with Crippen molar-refractivity contribution >= 4 is 17.5 Å². The largest absolute Gasteiger partial charge is 0.368 e. The molecule has 0 spiro atoms. The maximum atomic E-state index is 13.2. The first kappa shape index (κ1) is 22.9. The smallest absolute Gasteiger partial charge is 0.251 e. The Kier molecular flexibility index (Phi) is 7.04. The predicted molar refractivity (Wildman–Crippen MR) is 126 cm³/mol. The predicted octanol–water partition coefficient (Wildman–Crippen LogP) is 4.09. The lowest BCUT2D eigenvalue weighted by Crippen LogP contribution is -2.56. The first-order valence-corrected chi connectivity index (χ1v) is 11.2. The van der Waals surface area contributed by atoms with E-state index in [1.807, 2.05) is 61.2 Å². The van der Waals surface area contributed by atoms with Crippen molar-refractivity contribution in [3.8, 4) is 0 Å². The molecule has 3 rings (SSSR count). The van der Waals surface area contributed by atoms with Crippen LogP contribution in [0.15, 0.2) is 54.6 Å². The van der Waals surface area contributed by atoms with E-state index in [1.165, 1.54) is 11.3 Å². The van der Waals surface area contributed by atoms with Gasteiger partial charge < -0.3 is 15.1 Å². The lowest BCUT2D eigenvalue weighted by atomic mass is 9.86. The summed E-state index contributed by atoms with van der Waals surface area (Å²) in [6.07, 6.45) is 0. The zero-order valence-electron chi connectivity index (χ0n) is 19.4. The molecule has 2 aromatic rings. The van der Waals surface area contributed by atoms with Crippen LogP contribution in [0.25, 0.3) is 0 Å². The average molecular weight is 422 g/mol. The first-order chi connectivity index (χ1) is 14.7. The molecule has 0 unspecified atom stereocenters. The Labute approximate surface area is 186 Å². The third kappa shape index (κ3) is 5.66. The number of carbonyl (C=O) groups excluding carboxylic acids is 2. The Morgan fingerprint density at radius 3 is 1.97 bits per heavy atom. The number of anilines is 1. The average Bonchev–Trinajstić information content (AvgIpc) is 2.77. The second-order valence-corrected chi connectivity index (χ2v) is 9.67. The van der Waals surface area contributed by atoms with Crippen LogP contribution in [0, 0.1) is 5.92 Å². The summed E-state index contributed by atoms with van der Waals surface area (Å²) in [6, 6.07) is 17.4. The summed E-state index contributed by atoms with van der Waals surface area (Å²) < 4.78 is 0. The van der Waals surface area contributed by atoms with Crippen molar-refractivity contribution in [1.29, 1.82) is 0 Å². The number of carbonyl (C=O) groups is 2. The highest BCUT2D eigenvalue weighted by Crippen LogP contribution is 2.22. The molecule has 1 saturated heterocycles. The summed E-state index contributed by atoms with van der Waals surface area (Å²) in [4.78, 5) is 30.3. The minimum atomic E-state index is -0.530. The third-order valence-electron chi connectivity index (χ3n) is 5.95. The van der Waals surface area contributed by atoms with Crippen LogP contribution >= 0.6 is 0 Å². The zero-order valence-corrected chi connectivity index (χ0v) is 19.4. The van der Waals surface area contributed by atoms with Crippen molar-refractivity contribution in [2.45, 2.75) is 46.1 Å². The Balaban J connectivity index is 1.62. The highest BCUT2D eigenvalue weighted by Gasteiger charge is 2.31. The van der Waals surface area contributed by atoms with Gasteiger partial charge in [0.25, 0.3) is 5.91 Å². The molecule has 1 N–H and O–H groups in total. The Hall–Kier alpha value is -2.82. The molecule has 1 heterocycles. The van der Waals surface area contributed by atoms with Gasteiger partial charge in [0.05, 0.1) is 0 Å². The molecule has 0 aromatic heterocycles. The topological polar surface area (TPSA) is 52.7 Å². The minimum Gasteiger partial charge on any atom is -0.368 e. The first-order valence-electron chi connectivity index (χ1n) is 11.2. The normalized spacial score (nSPS) is 15.7. The molecule has 1 aliphatic heterocycles. The summed E-state index contributed by atoms with van der Waals surface area (Å²) in [6.45, 7) is 13.3. The van der Waals surface area contributed by atoms with Crippen LogP contribution in [0.2, 0.25) is 0 Å². The molecule has 1 fully saturated rings. The third-order valence-corrected chi connectivity index (χ3v) is 5.95. The molecular formula is C26H35N3O2. The van der Waals surface area contributed by atoms with Crippen LogP contribution in [-0.4, -0.2) is 48.9 Å². The van der Waals surface area contributed by atoms with Gasteiger partial charge in [-0.2, -0.15) is 0 Å². The Bertz CT molecular complexity index is 877. The van der Waals surface area contributed by atoms with E-state index in [-0.39, 0.29) is 23.1 Å². The molecule has 0 aliphatic carbocycles. The van der Waals surface area contributed by atoms with Gasteiger partial charge in [-0.05, 0) is 41.2 Å². The number of hydrogen-bond donors (Lipinski definition) is 1. The van der Waals surface area contributed by atoms with Gasteiger partial charge in [0.1, 0.15) is 6.04 Å². The van der Waals surface area contributed by atoms with Gasteiger partial charge in [0.2, 0.25) is 5.91 Å². The number of para-hydroxylation sites is 1. The van der Waals surface area contributed by atoms with Crippen LogP contribution in [0.5, 0.6) is 0 Å². The highest BCUT2D eigenvalue weighted by molar-refractivity contribution is 5.97. The second kappa shape index (κ2) is 9.54. The molecule has 1 aliphatic rings. The fourth-order valence-electron chi connectivity index (χ4n) is 3.88. The monoisotopic (exact) mass is 421 g/mol. The van der Waals surface area contributed by atoms with Gasteiger partial charge in [-0.25, -0.2) is 0 Å². The molecule has 31 heavy (non-hydrogen) atoms. The molecule has 2 aromatic carbocycles. The molecule has 0 bridgehead atoms. The van der Waals surface area contributed by atoms with Crippen molar-refractivity contribution in [3.63, 3.8) is 0 Å². The van der Waals surface area contributed by atoms with E-state index in [1.54, 1.807) is 0 Å². The van der Waals surface area contributed by atoms with E-state index in [0.717, 1.165) is 13.1 Å². The van der Waals surface area contributed by atoms with Crippen LogP contribution in [0.4, 0.5) is 5.69 Å². The van der Waals surface area contributed by atoms with Crippen molar-refractivity contribution in [1.82, 2.24) is 10.2 Å². The molecule has 5 nitrogen and oxygen atoms in total. The van der Waals surface area contributed by atoms with Crippen molar-refractivity contribution in [2.75, 3.05) is 31.1 Å². The summed E-state index contributed by atoms with van der Waals surface area (Å²) in [7, 11) is 0. The van der Waals surface area contributed by atoms with E-state index in [2.05, 4.69) is 43.1 Å². The van der Waals surface area contributed by atoms with E-state index in [0.29, 0.717) is 18.7 Å². The number of amides is 2. The molecular weight excluding hydrogens is 386 g/mol. The maximum absolute atomic E-state index is 13.2. The Morgan fingerprint density at radius 2 is 1.45 bits per heavy atom. The van der Waals surface area contributed by atoms with Crippen LogP contribution in [-0.2, 0) is 10.2 Å². The van der Waals surface area contributed by atoms with Gasteiger partial charge >= 0.3 is 0 Å². The zero-order chi connectivity index (χ0) is 22.6. The molecule has 0 saturated carbocycles. The second-order valence-electron chi connectivity index (χ2n) is 9.67. The van der Waals surface area contributed by atoms with Crippen LogP contribution in [0.3, 0.4) is 0 Å². The molecule has 5 heteroatoms. The van der Waals surface area contributed by atoms with E-state index in [9.17, 15) is 9.59 Å². The molecule has 2 amide bonds. The minimum absolute atomic E-state index is 0.00220. The lowest BCUT2D eigenvalue weighted by molar-refractivity contribution is -0.134. The fraction of sp³-hybridized carbons (Fsp3) is 0.462. The number of nitrogens with zero attached hydrogens (tertiary/aromatic N) is 2. The fourth-order valence-corrected chi connectivity index (χ4v) is 3.88. The van der Waals surface area contributed by atoms with Crippen molar-refractivity contribution < 1.29 is 9.59 Å². The summed E-state index contributed by atoms with van der Waals surface area (Å²) in [5.74, 6) is -0.185. The van der Waals surface area contributed by atoms with Gasteiger partial charge in [-0.3, -0.25) is 9.59 Å². The van der Waals surface area contributed by atoms with Crippen molar-refractivity contribution in [2.24, 2.45) is 5.92 Å². The summed E-state index contributed by atoms with van der Waals surface area (Å²) >= 11 is 0. The number of benzene rings is 2. The number of nitrogens with one attached hydrogen (secondary N) is 1. The van der Waals surface area contributed by atoms with E-state index < -0.39 is 6.04 Å². The lowest BCUT2D eigenvalue weighted by Gasteiger charge is -2.38. The summed E-state index contributed by atoms with van der Waals surface area (Å²) in [5, 5.41) is 2.99. The summed E-state index contributed by atoms with van der Waals surface area (Å²) in [5.41, 5.74) is 2.98. The molecule has 0 radical (unpaired) electrons. The maximum Gasteiger partial charge on any atom is 0.251 e. The quantitative estimate of drug-likeness (QED) is 0.791. The van der Waals surface area contributed by atoms with Gasteiger partial charge in [-0.15, -0.1) is 0 Å².